The number of carbonyl (C=O) groups is 1. The second kappa shape index (κ2) is 5.61. The van der Waals surface area contributed by atoms with Crippen molar-refractivity contribution in [3.05, 3.63) is 58.9 Å². The van der Waals surface area contributed by atoms with Gasteiger partial charge in [0.15, 0.2) is 17.3 Å². The Morgan fingerprint density at radius 2 is 2.10 bits per heavy atom. The number of ketones is 1. The fourth-order valence-electron chi connectivity index (χ4n) is 2.07. The lowest BCUT2D eigenvalue weighted by Crippen LogP contribution is -2.04. The quantitative estimate of drug-likeness (QED) is 0.687. The molecule has 0 aliphatic carbocycles. The summed E-state index contributed by atoms with van der Waals surface area (Å²) in [4.78, 5) is 16.6. The number of rotatable bonds is 4. The number of para-hydroxylation sites is 1. The van der Waals surface area contributed by atoms with E-state index in [4.69, 9.17) is 4.74 Å². The van der Waals surface area contributed by atoms with E-state index in [2.05, 4.69) is 4.98 Å². The first-order valence-electron chi connectivity index (χ1n) is 6.38. The summed E-state index contributed by atoms with van der Waals surface area (Å²) in [5.74, 6) is -0.560. The second-order valence-electron chi connectivity index (χ2n) is 4.52. The van der Waals surface area contributed by atoms with Crippen molar-refractivity contribution in [1.29, 1.82) is 0 Å². The standard InChI is InChI=1S/C16H12FNO2S/c1-20-14-7-6-10(8-11(14)17)13(19)9-16-18-12-4-2-3-5-15(12)21-16/h2-8H,9H2,1H3. The Bertz CT molecular complexity index is 780. The molecular weight excluding hydrogens is 289 g/mol. The third kappa shape index (κ3) is 2.78. The van der Waals surface area contributed by atoms with Gasteiger partial charge in [0.1, 0.15) is 5.01 Å². The van der Waals surface area contributed by atoms with Crippen LogP contribution >= 0.6 is 11.3 Å². The molecule has 3 nitrogen and oxygen atoms in total. The summed E-state index contributed by atoms with van der Waals surface area (Å²) in [6, 6.07) is 11.9. The Kier molecular flexibility index (Phi) is 3.66. The number of hydrogen-bond donors (Lipinski definition) is 0. The molecule has 0 saturated carbocycles. The lowest BCUT2D eigenvalue weighted by molar-refractivity contribution is 0.0992. The minimum Gasteiger partial charge on any atom is -0.494 e. The molecule has 0 unspecified atom stereocenters. The first-order valence-corrected chi connectivity index (χ1v) is 7.20. The van der Waals surface area contributed by atoms with Gasteiger partial charge in [0, 0.05) is 5.56 Å². The summed E-state index contributed by atoms with van der Waals surface area (Å²) in [6.07, 6.45) is 0.172. The van der Waals surface area contributed by atoms with Gasteiger partial charge in [0.25, 0.3) is 0 Å². The van der Waals surface area contributed by atoms with Gasteiger partial charge in [-0.2, -0.15) is 0 Å². The minimum absolute atomic E-state index is 0.131. The molecule has 0 atom stereocenters. The van der Waals surface area contributed by atoms with Crippen molar-refractivity contribution in [2.45, 2.75) is 6.42 Å². The average molecular weight is 301 g/mol. The van der Waals surface area contributed by atoms with Gasteiger partial charge in [-0.3, -0.25) is 4.79 Å². The maximum atomic E-state index is 13.6. The van der Waals surface area contributed by atoms with Crippen LogP contribution in [0, 0.1) is 5.82 Å². The number of Topliss-reactive ketones (excluding diaryl/α,β-unsaturated/α-hetero) is 1. The molecule has 0 aliphatic rings. The average Bonchev–Trinajstić information content (AvgIpc) is 2.89. The van der Waals surface area contributed by atoms with Crippen LogP contribution in [-0.4, -0.2) is 17.9 Å². The van der Waals surface area contributed by atoms with E-state index in [0.29, 0.717) is 5.56 Å². The summed E-state index contributed by atoms with van der Waals surface area (Å²) < 4.78 is 19.5. The highest BCUT2D eigenvalue weighted by Gasteiger charge is 2.13. The number of hydrogen-bond acceptors (Lipinski definition) is 4. The number of nitrogens with zero attached hydrogens (tertiary/aromatic N) is 1. The summed E-state index contributed by atoms with van der Waals surface area (Å²) in [6.45, 7) is 0. The first-order chi connectivity index (χ1) is 10.2. The topological polar surface area (TPSA) is 39.2 Å². The first kappa shape index (κ1) is 13.7. The van der Waals surface area contributed by atoms with E-state index in [1.807, 2.05) is 24.3 Å². The molecule has 0 radical (unpaired) electrons. The minimum atomic E-state index is -0.535. The van der Waals surface area contributed by atoms with Crippen LogP contribution in [0.5, 0.6) is 5.75 Å². The zero-order valence-electron chi connectivity index (χ0n) is 11.3. The van der Waals surface area contributed by atoms with Crippen LogP contribution in [-0.2, 0) is 6.42 Å². The molecule has 0 saturated heterocycles. The van der Waals surface area contributed by atoms with Gasteiger partial charge in [0.05, 0.1) is 23.7 Å². The molecular formula is C16H12FNO2S. The van der Waals surface area contributed by atoms with Crippen molar-refractivity contribution in [3.63, 3.8) is 0 Å². The van der Waals surface area contributed by atoms with Crippen LogP contribution in [0.2, 0.25) is 0 Å². The predicted molar refractivity (Wildman–Crippen MR) is 80.6 cm³/mol. The Hall–Kier alpha value is -2.27. The highest BCUT2D eigenvalue weighted by molar-refractivity contribution is 7.18. The SMILES string of the molecule is COc1ccc(C(=O)Cc2nc3ccccc3s2)cc1F. The fraction of sp³-hybridized carbons (Fsp3) is 0.125. The van der Waals surface area contributed by atoms with Gasteiger partial charge >= 0.3 is 0 Å². The van der Waals surface area contributed by atoms with Gasteiger partial charge in [-0.05, 0) is 30.3 Å². The zero-order valence-corrected chi connectivity index (χ0v) is 12.1. The van der Waals surface area contributed by atoms with Gasteiger partial charge < -0.3 is 4.74 Å². The Morgan fingerprint density at radius 3 is 2.81 bits per heavy atom. The second-order valence-corrected chi connectivity index (χ2v) is 5.64. The van der Waals surface area contributed by atoms with Gasteiger partial charge in [-0.15, -0.1) is 11.3 Å². The molecule has 1 heterocycles. The molecule has 3 rings (SSSR count). The molecule has 0 aliphatic heterocycles. The third-order valence-corrected chi connectivity index (χ3v) is 4.16. The van der Waals surface area contributed by atoms with E-state index in [1.165, 1.54) is 30.6 Å². The number of methoxy groups -OCH3 is 1. The van der Waals surface area contributed by atoms with Crippen LogP contribution in [0.1, 0.15) is 15.4 Å². The molecule has 106 valence electrons. The molecule has 2 aromatic carbocycles. The molecule has 3 aromatic rings. The van der Waals surface area contributed by atoms with E-state index in [-0.39, 0.29) is 18.0 Å². The van der Waals surface area contributed by atoms with Crippen LogP contribution in [0.3, 0.4) is 0 Å². The Morgan fingerprint density at radius 1 is 1.29 bits per heavy atom. The third-order valence-electron chi connectivity index (χ3n) is 3.12. The molecule has 5 heteroatoms. The predicted octanol–water partition coefficient (Wildman–Crippen LogP) is 3.87. The highest BCUT2D eigenvalue weighted by Crippen LogP contribution is 2.23. The van der Waals surface area contributed by atoms with E-state index in [0.717, 1.165) is 15.2 Å². The lowest BCUT2D eigenvalue weighted by atomic mass is 10.1. The number of halogens is 1. The maximum Gasteiger partial charge on any atom is 0.169 e. The smallest absolute Gasteiger partial charge is 0.169 e. The number of carbonyl (C=O) groups excluding carboxylic acids is 1. The van der Waals surface area contributed by atoms with Crippen molar-refractivity contribution >= 4 is 27.3 Å². The van der Waals surface area contributed by atoms with Crippen molar-refractivity contribution in [1.82, 2.24) is 4.98 Å². The number of ether oxygens (including phenoxy) is 1. The summed E-state index contributed by atoms with van der Waals surface area (Å²) >= 11 is 1.48. The molecule has 21 heavy (non-hydrogen) atoms. The van der Waals surface area contributed by atoms with Gasteiger partial charge in [-0.1, -0.05) is 12.1 Å². The summed E-state index contributed by atoms with van der Waals surface area (Å²) in [7, 11) is 1.39. The fourth-order valence-corrected chi connectivity index (χ4v) is 3.04. The van der Waals surface area contributed by atoms with Crippen LogP contribution < -0.4 is 4.74 Å². The van der Waals surface area contributed by atoms with Gasteiger partial charge in [0.2, 0.25) is 0 Å². The number of thiazole rings is 1. The number of benzene rings is 2. The molecule has 0 fully saturated rings. The van der Waals surface area contributed by atoms with Gasteiger partial charge in [-0.25, -0.2) is 9.37 Å². The van der Waals surface area contributed by atoms with Crippen molar-refractivity contribution in [2.75, 3.05) is 7.11 Å². The molecule has 0 spiro atoms. The van der Waals surface area contributed by atoms with E-state index >= 15 is 0 Å². The summed E-state index contributed by atoms with van der Waals surface area (Å²) in [5, 5.41) is 0.734. The molecule has 0 N–H and O–H groups in total. The Balaban J connectivity index is 1.84. The van der Waals surface area contributed by atoms with Crippen molar-refractivity contribution < 1.29 is 13.9 Å². The molecule has 0 bridgehead atoms. The summed E-state index contributed by atoms with van der Waals surface area (Å²) in [5.41, 5.74) is 1.21. The largest absolute Gasteiger partial charge is 0.494 e. The number of fused-ring (bicyclic) bond motifs is 1. The zero-order chi connectivity index (χ0) is 14.8. The highest BCUT2D eigenvalue weighted by atomic mass is 32.1. The van der Waals surface area contributed by atoms with E-state index < -0.39 is 5.82 Å². The van der Waals surface area contributed by atoms with E-state index in [9.17, 15) is 9.18 Å². The van der Waals surface area contributed by atoms with Crippen molar-refractivity contribution in [3.8, 4) is 5.75 Å². The lowest BCUT2D eigenvalue weighted by Gasteiger charge is -2.03. The molecule has 1 aromatic heterocycles. The van der Waals surface area contributed by atoms with E-state index in [1.54, 1.807) is 6.07 Å². The number of aromatic nitrogens is 1. The van der Waals surface area contributed by atoms with Crippen LogP contribution in [0.25, 0.3) is 10.2 Å². The Labute approximate surface area is 125 Å². The monoisotopic (exact) mass is 301 g/mol. The normalized spacial score (nSPS) is 10.8. The van der Waals surface area contributed by atoms with Crippen LogP contribution in [0.15, 0.2) is 42.5 Å². The van der Waals surface area contributed by atoms with Crippen LogP contribution in [0.4, 0.5) is 4.39 Å². The molecule has 0 amide bonds. The maximum absolute atomic E-state index is 13.6. The van der Waals surface area contributed by atoms with Crippen molar-refractivity contribution in [2.24, 2.45) is 0 Å².